The van der Waals surface area contributed by atoms with Crippen LogP contribution in [0.2, 0.25) is 0 Å². The number of aryl methyl sites for hydroxylation is 1. The molecule has 0 bridgehead atoms. The van der Waals surface area contributed by atoms with Gasteiger partial charge in [-0.15, -0.1) is 0 Å². The molecule has 4 rings (SSSR count). The molecule has 4 aromatic rings. The van der Waals surface area contributed by atoms with Crippen LogP contribution in [0.1, 0.15) is 37.9 Å². The van der Waals surface area contributed by atoms with Crippen LogP contribution in [-0.4, -0.2) is 33.9 Å². The molecule has 32 heavy (non-hydrogen) atoms. The molecule has 0 saturated heterocycles. The standard InChI is InChI=1S/C24H26N4O3S/c1-14(2)18-8-6-7-9-20(18)31-16(4)23(29)26-22-12-15(3)27-28(22)24-25-19-11-10-17(30-5)13-21(19)32-24/h6-14,16H,1-5H3,(H,26,29). The Kier molecular flexibility index (Phi) is 6.14. The van der Waals surface area contributed by atoms with E-state index in [-0.39, 0.29) is 5.91 Å². The van der Waals surface area contributed by atoms with E-state index in [1.165, 1.54) is 11.3 Å². The van der Waals surface area contributed by atoms with E-state index in [0.717, 1.165) is 33.0 Å². The van der Waals surface area contributed by atoms with Crippen molar-refractivity contribution in [2.24, 2.45) is 0 Å². The van der Waals surface area contributed by atoms with Gasteiger partial charge in [0.2, 0.25) is 5.13 Å². The zero-order valence-electron chi connectivity index (χ0n) is 18.7. The number of para-hydroxylation sites is 1. The molecule has 0 aliphatic rings. The third-order valence-electron chi connectivity index (χ3n) is 5.06. The number of hydrogen-bond donors (Lipinski definition) is 1. The summed E-state index contributed by atoms with van der Waals surface area (Å²) in [6.45, 7) is 7.81. The van der Waals surface area contributed by atoms with Crippen LogP contribution in [0.25, 0.3) is 15.3 Å². The highest BCUT2D eigenvalue weighted by Crippen LogP contribution is 2.30. The van der Waals surface area contributed by atoms with Gasteiger partial charge in [0.1, 0.15) is 17.3 Å². The van der Waals surface area contributed by atoms with Gasteiger partial charge in [-0.05, 0) is 49.6 Å². The average molecular weight is 451 g/mol. The number of ether oxygens (including phenoxy) is 2. The van der Waals surface area contributed by atoms with E-state index in [9.17, 15) is 4.79 Å². The molecule has 0 fully saturated rings. The number of benzene rings is 2. The van der Waals surface area contributed by atoms with Crippen LogP contribution in [0.5, 0.6) is 11.5 Å². The van der Waals surface area contributed by atoms with Crippen molar-refractivity contribution in [2.75, 3.05) is 12.4 Å². The Hall–Kier alpha value is -3.39. The van der Waals surface area contributed by atoms with Crippen molar-refractivity contribution in [3.63, 3.8) is 0 Å². The van der Waals surface area contributed by atoms with Gasteiger partial charge < -0.3 is 14.8 Å². The number of nitrogens with zero attached hydrogens (tertiary/aromatic N) is 3. The van der Waals surface area contributed by atoms with Gasteiger partial charge in [-0.1, -0.05) is 43.4 Å². The lowest BCUT2D eigenvalue weighted by Gasteiger charge is -2.18. The summed E-state index contributed by atoms with van der Waals surface area (Å²) in [5.74, 6) is 2.07. The molecule has 166 valence electrons. The Bertz CT molecular complexity index is 1260. The molecular weight excluding hydrogens is 424 g/mol. The smallest absolute Gasteiger partial charge is 0.266 e. The first-order valence-electron chi connectivity index (χ1n) is 10.4. The fourth-order valence-electron chi connectivity index (χ4n) is 3.38. The fraction of sp³-hybridized carbons (Fsp3) is 0.292. The largest absolute Gasteiger partial charge is 0.497 e. The zero-order chi connectivity index (χ0) is 22.8. The minimum Gasteiger partial charge on any atom is -0.497 e. The molecule has 8 heteroatoms. The third kappa shape index (κ3) is 4.45. The number of anilines is 1. The second-order valence-electron chi connectivity index (χ2n) is 7.85. The van der Waals surface area contributed by atoms with Crippen molar-refractivity contribution in [1.82, 2.24) is 14.8 Å². The van der Waals surface area contributed by atoms with Crippen LogP contribution in [0, 0.1) is 6.92 Å². The quantitative estimate of drug-likeness (QED) is 0.412. The van der Waals surface area contributed by atoms with Gasteiger partial charge in [-0.25, -0.2) is 4.98 Å². The van der Waals surface area contributed by atoms with Crippen molar-refractivity contribution in [3.8, 4) is 16.6 Å². The van der Waals surface area contributed by atoms with Gasteiger partial charge in [-0.3, -0.25) is 4.79 Å². The van der Waals surface area contributed by atoms with E-state index >= 15 is 0 Å². The first kappa shape index (κ1) is 21.8. The Labute approximate surface area is 191 Å². The number of carbonyl (C=O) groups is 1. The number of hydrogen-bond acceptors (Lipinski definition) is 6. The summed E-state index contributed by atoms with van der Waals surface area (Å²) in [5, 5.41) is 8.14. The summed E-state index contributed by atoms with van der Waals surface area (Å²) in [6, 6.07) is 15.3. The monoisotopic (exact) mass is 450 g/mol. The van der Waals surface area contributed by atoms with Gasteiger partial charge >= 0.3 is 0 Å². The summed E-state index contributed by atoms with van der Waals surface area (Å²) in [6.07, 6.45) is -0.682. The molecule has 1 N–H and O–H groups in total. The molecule has 1 unspecified atom stereocenters. The number of nitrogens with one attached hydrogen (secondary N) is 1. The van der Waals surface area contributed by atoms with Gasteiger partial charge in [0.25, 0.3) is 5.91 Å². The van der Waals surface area contributed by atoms with E-state index in [0.29, 0.717) is 16.9 Å². The topological polar surface area (TPSA) is 78.3 Å². The summed E-state index contributed by atoms with van der Waals surface area (Å²) in [7, 11) is 1.64. The van der Waals surface area contributed by atoms with E-state index in [1.807, 2.05) is 55.5 Å². The summed E-state index contributed by atoms with van der Waals surface area (Å²) in [4.78, 5) is 17.6. The SMILES string of the molecule is COc1ccc2nc(-n3nc(C)cc3NC(=O)C(C)Oc3ccccc3C(C)C)sc2c1. The van der Waals surface area contributed by atoms with Crippen LogP contribution in [0.15, 0.2) is 48.5 Å². The summed E-state index contributed by atoms with van der Waals surface area (Å²) < 4.78 is 13.9. The minimum atomic E-state index is -0.682. The Balaban J connectivity index is 1.56. The van der Waals surface area contributed by atoms with Gasteiger partial charge in [-0.2, -0.15) is 9.78 Å². The Morgan fingerprint density at radius 1 is 1.12 bits per heavy atom. The van der Waals surface area contributed by atoms with Gasteiger partial charge in [0, 0.05) is 6.07 Å². The minimum absolute atomic E-state index is 0.257. The molecule has 0 aliphatic heterocycles. The zero-order valence-corrected chi connectivity index (χ0v) is 19.6. The number of carbonyl (C=O) groups excluding carboxylic acids is 1. The summed E-state index contributed by atoms with van der Waals surface area (Å²) >= 11 is 1.48. The molecule has 0 saturated carbocycles. The fourth-order valence-corrected chi connectivity index (χ4v) is 4.34. The first-order chi connectivity index (χ1) is 15.4. The second-order valence-corrected chi connectivity index (χ2v) is 8.86. The Morgan fingerprint density at radius 3 is 2.66 bits per heavy atom. The first-order valence-corrected chi connectivity index (χ1v) is 11.3. The van der Waals surface area contributed by atoms with Crippen LogP contribution < -0.4 is 14.8 Å². The van der Waals surface area contributed by atoms with Gasteiger partial charge in [0.15, 0.2) is 6.10 Å². The molecule has 2 aromatic carbocycles. The highest BCUT2D eigenvalue weighted by Gasteiger charge is 2.21. The van der Waals surface area contributed by atoms with Crippen molar-refractivity contribution >= 4 is 33.3 Å². The molecule has 2 aromatic heterocycles. The normalized spacial score (nSPS) is 12.2. The van der Waals surface area contributed by atoms with E-state index < -0.39 is 6.10 Å². The maximum absolute atomic E-state index is 12.9. The number of methoxy groups -OCH3 is 1. The third-order valence-corrected chi connectivity index (χ3v) is 6.06. The van der Waals surface area contributed by atoms with E-state index in [4.69, 9.17) is 9.47 Å². The second kappa shape index (κ2) is 9.00. The van der Waals surface area contributed by atoms with Crippen LogP contribution >= 0.6 is 11.3 Å². The molecule has 0 radical (unpaired) electrons. The predicted octanol–water partition coefficient (Wildman–Crippen LogP) is 5.33. The maximum Gasteiger partial charge on any atom is 0.266 e. The molecule has 1 atom stereocenters. The molecule has 0 aliphatic carbocycles. The number of thiazole rings is 1. The van der Waals surface area contributed by atoms with Gasteiger partial charge in [0.05, 0.1) is 23.0 Å². The predicted molar refractivity (Wildman–Crippen MR) is 127 cm³/mol. The highest BCUT2D eigenvalue weighted by molar-refractivity contribution is 7.20. The highest BCUT2D eigenvalue weighted by atomic mass is 32.1. The van der Waals surface area contributed by atoms with Crippen molar-refractivity contribution < 1.29 is 14.3 Å². The summed E-state index contributed by atoms with van der Waals surface area (Å²) in [5.41, 5.74) is 2.69. The van der Waals surface area contributed by atoms with Crippen molar-refractivity contribution in [1.29, 1.82) is 0 Å². The van der Waals surface area contributed by atoms with Crippen LogP contribution in [0.4, 0.5) is 5.82 Å². The lowest BCUT2D eigenvalue weighted by Crippen LogP contribution is -2.31. The average Bonchev–Trinajstić information content (AvgIpc) is 3.35. The number of rotatable bonds is 7. The molecule has 0 spiro atoms. The molecule has 1 amide bonds. The number of fused-ring (bicyclic) bond motifs is 1. The van der Waals surface area contributed by atoms with Crippen LogP contribution in [0.3, 0.4) is 0 Å². The van der Waals surface area contributed by atoms with Crippen molar-refractivity contribution in [2.45, 2.75) is 39.7 Å². The molecule has 2 heterocycles. The number of amides is 1. The number of aromatic nitrogens is 3. The van der Waals surface area contributed by atoms with Crippen molar-refractivity contribution in [3.05, 3.63) is 59.8 Å². The van der Waals surface area contributed by atoms with Crippen LogP contribution in [-0.2, 0) is 4.79 Å². The Morgan fingerprint density at radius 2 is 1.91 bits per heavy atom. The molecule has 7 nitrogen and oxygen atoms in total. The van der Waals surface area contributed by atoms with E-state index in [2.05, 4.69) is 29.2 Å². The maximum atomic E-state index is 12.9. The molecular formula is C24H26N4O3S. The van der Waals surface area contributed by atoms with E-state index in [1.54, 1.807) is 18.7 Å². The lowest BCUT2D eigenvalue weighted by atomic mass is 10.0. The lowest BCUT2D eigenvalue weighted by molar-refractivity contribution is -0.122.